The van der Waals surface area contributed by atoms with Crippen LogP contribution in [0.15, 0.2) is 36.9 Å². The first-order valence-electron chi connectivity index (χ1n) is 7.56. The topological polar surface area (TPSA) is 36.3 Å². The lowest BCUT2D eigenvalue weighted by molar-refractivity contribution is 0.0896. The molecular formula is C17H20Cl2N2O2. The monoisotopic (exact) mass is 354 g/mol. The van der Waals surface area contributed by atoms with Crippen molar-refractivity contribution in [1.82, 2.24) is 9.55 Å². The zero-order valence-corrected chi connectivity index (χ0v) is 14.6. The summed E-state index contributed by atoms with van der Waals surface area (Å²) in [6, 6.07) is 5.32. The van der Waals surface area contributed by atoms with Crippen molar-refractivity contribution in [2.75, 3.05) is 19.8 Å². The molecule has 2 aromatic rings. The van der Waals surface area contributed by atoms with Crippen LogP contribution in [0, 0.1) is 0 Å². The van der Waals surface area contributed by atoms with Gasteiger partial charge >= 0.3 is 0 Å². The van der Waals surface area contributed by atoms with Crippen molar-refractivity contribution >= 4 is 35.2 Å². The number of hydrogen-bond acceptors (Lipinski definition) is 3. The third-order valence-electron chi connectivity index (χ3n) is 3.12. The van der Waals surface area contributed by atoms with E-state index in [0.717, 1.165) is 25.0 Å². The minimum Gasteiger partial charge on any atom is -0.489 e. The van der Waals surface area contributed by atoms with Gasteiger partial charge in [0.1, 0.15) is 12.4 Å². The molecule has 124 valence electrons. The maximum Gasteiger partial charge on any atom is 0.144 e. The highest BCUT2D eigenvalue weighted by molar-refractivity contribution is 6.35. The highest BCUT2D eigenvalue weighted by Crippen LogP contribution is 2.28. The average Bonchev–Trinajstić information content (AvgIpc) is 3.03. The second-order valence-corrected chi connectivity index (χ2v) is 5.79. The van der Waals surface area contributed by atoms with Crippen LogP contribution in [0.3, 0.4) is 0 Å². The Hall–Kier alpha value is -1.49. The number of ether oxygens (including phenoxy) is 2. The first kappa shape index (κ1) is 17.9. The van der Waals surface area contributed by atoms with E-state index in [9.17, 15) is 0 Å². The summed E-state index contributed by atoms with van der Waals surface area (Å²) in [5.74, 6) is 0.642. The van der Waals surface area contributed by atoms with E-state index in [1.54, 1.807) is 29.2 Å². The molecule has 23 heavy (non-hydrogen) atoms. The van der Waals surface area contributed by atoms with E-state index < -0.39 is 0 Å². The van der Waals surface area contributed by atoms with Gasteiger partial charge in [-0.1, -0.05) is 36.5 Å². The zero-order valence-electron chi connectivity index (χ0n) is 13.0. The first-order valence-corrected chi connectivity index (χ1v) is 8.31. The summed E-state index contributed by atoms with van der Waals surface area (Å²) < 4.78 is 13.2. The molecule has 0 saturated carbocycles. The second kappa shape index (κ2) is 9.60. The van der Waals surface area contributed by atoms with Crippen LogP contribution in [0.4, 0.5) is 0 Å². The molecule has 0 bridgehead atoms. The Kier molecular flexibility index (Phi) is 7.46. The molecule has 1 heterocycles. The van der Waals surface area contributed by atoms with Gasteiger partial charge in [0.15, 0.2) is 0 Å². The summed E-state index contributed by atoms with van der Waals surface area (Å²) in [7, 11) is 0. The summed E-state index contributed by atoms with van der Waals surface area (Å²) >= 11 is 12.2. The predicted molar refractivity (Wildman–Crippen MR) is 94.5 cm³/mol. The first-order chi connectivity index (χ1) is 11.2. The van der Waals surface area contributed by atoms with Gasteiger partial charge in [0.05, 0.1) is 24.2 Å². The lowest BCUT2D eigenvalue weighted by atomic mass is 10.2. The number of imidazole rings is 1. The smallest absolute Gasteiger partial charge is 0.144 e. The molecule has 2 rings (SSSR count). The number of hydrogen-bond donors (Lipinski definition) is 0. The van der Waals surface area contributed by atoms with E-state index in [4.69, 9.17) is 32.7 Å². The fourth-order valence-electron chi connectivity index (χ4n) is 1.91. The quantitative estimate of drug-likeness (QED) is 0.470. The highest BCUT2D eigenvalue weighted by Gasteiger charge is 2.09. The Labute approximate surface area is 146 Å². The Morgan fingerprint density at radius 2 is 2.13 bits per heavy atom. The molecule has 0 aliphatic rings. The zero-order chi connectivity index (χ0) is 16.5. The largest absolute Gasteiger partial charge is 0.489 e. The van der Waals surface area contributed by atoms with Gasteiger partial charge in [-0.05, 0) is 24.6 Å². The Morgan fingerprint density at radius 1 is 1.26 bits per heavy atom. The minimum absolute atomic E-state index is 0.448. The molecular weight excluding hydrogens is 335 g/mol. The lowest BCUT2D eigenvalue weighted by Crippen LogP contribution is -2.05. The van der Waals surface area contributed by atoms with Gasteiger partial charge < -0.3 is 14.0 Å². The maximum atomic E-state index is 6.28. The molecule has 0 amide bonds. The summed E-state index contributed by atoms with van der Waals surface area (Å²) in [6.07, 6.45) is 9.21. The molecule has 0 aliphatic carbocycles. The fraction of sp³-hybridized carbons (Fsp3) is 0.353. The highest BCUT2D eigenvalue weighted by atomic mass is 35.5. The molecule has 0 fully saturated rings. The molecule has 0 saturated heterocycles. The predicted octanol–water partition coefficient (Wildman–Crippen LogP) is 4.98. The van der Waals surface area contributed by atoms with E-state index >= 15 is 0 Å². The molecule has 4 nitrogen and oxygen atoms in total. The van der Waals surface area contributed by atoms with Crippen molar-refractivity contribution in [2.45, 2.75) is 19.8 Å². The van der Waals surface area contributed by atoms with Crippen LogP contribution in [-0.2, 0) is 9.47 Å². The van der Waals surface area contributed by atoms with E-state index in [1.165, 1.54) is 0 Å². The van der Waals surface area contributed by atoms with Crippen LogP contribution in [0.1, 0.15) is 25.3 Å². The second-order valence-electron chi connectivity index (χ2n) is 4.94. The summed E-state index contributed by atoms with van der Waals surface area (Å²) in [5.41, 5.74) is 0.776. The van der Waals surface area contributed by atoms with Crippen molar-refractivity contribution in [1.29, 1.82) is 0 Å². The Morgan fingerprint density at radius 3 is 2.83 bits per heavy atom. The van der Waals surface area contributed by atoms with Gasteiger partial charge in [-0.3, -0.25) is 0 Å². The molecule has 0 unspecified atom stereocenters. The van der Waals surface area contributed by atoms with Crippen molar-refractivity contribution in [3.63, 3.8) is 0 Å². The molecule has 0 aliphatic heterocycles. The summed E-state index contributed by atoms with van der Waals surface area (Å²) in [5, 5.41) is 1.12. The van der Waals surface area contributed by atoms with Crippen LogP contribution in [-0.4, -0.2) is 29.4 Å². The number of halogens is 2. The molecule has 6 heteroatoms. The van der Waals surface area contributed by atoms with Gasteiger partial charge in [-0.2, -0.15) is 0 Å². The lowest BCUT2D eigenvalue weighted by Gasteiger charge is -2.13. The third kappa shape index (κ3) is 5.90. The van der Waals surface area contributed by atoms with Crippen LogP contribution in [0.2, 0.25) is 10.0 Å². The van der Waals surface area contributed by atoms with Crippen LogP contribution < -0.4 is 0 Å². The van der Waals surface area contributed by atoms with E-state index in [0.29, 0.717) is 29.0 Å². The normalized spacial score (nSPS) is 11.7. The van der Waals surface area contributed by atoms with Crippen molar-refractivity contribution in [3.05, 3.63) is 52.5 Å². The third-order valence-corrected chi connectivity index (χ3v) is 3.66. The number of benzene rings is 1. The molecule has 1 aromatic carbocycles. The van der Waals surface area contributed by atoms with Gasteiger partial charge in [-0.25, -0.2) is 4.98 Å². The van der Waals surface area contributed by atoms with Gasteiger partial charge in [0, 0.05) is 29.6 Å². The van der Waals surface area contributed by atoms with Crippen molar-refractivity contribution in [3.8, 4) is 0 Å². The van der Waals surface area contributed by atoms with Crippen LogP contribution >= 0.6 is 23.2 Å². The van der Waals surface area contributed by atoms with Gasteiger partial charge in [-0.15, -0.1) is 0 Å². The summed E-state index contributed by atoms with van der Waals surface area (Å²) in [6.45, 7) is 3.87. The number of rotatable bonds is 9. The molecule has 0 N–H and O–H groups in total. The standard InChI is InChI=1S/C17H20Cl2N2O2/c1-2-3-8-22-9-10-23-17(12-21-7-6-20-13-21)15-5-4-14(18)11-16(15)19/h4-7,11-13H,2-3,8-10H2,1H3/b17-12-. The molecule has 0 radical (unpaired) electrons. The van der Waals surface area contributed by atoms with Crippen LogP contribution in [0.5, 0.6) is 0 Å². The Balaban J connectivity index is 2.07. The van der Waals surface area contributed by atoms with Crippen molar-refractivity contribution < 1.29 is 9.47 Å². The molecule has 0 spiro atoms. The molecule has 0 atom stereocenters. The number of nitrogens with zero attached hydrogens (tertiary/aromatic N) is 2. The number of unbranched alkanes of at least 4 members (excludes halogenated alkanes) is 1. The SMILES string of the molecule is CCCCOCCO/C(=C\n1ccnc1)c1ccc(Cl)cc1Cl. The van der Waals surface area contributed by atoms with Gasteiger partial charge in [0.25, 0.3) is 0 Å². The van der Waals surface area contributed by atoms with Crippen LogP contribution in [0.25, 0.3) is 12.0 Å². The molecule has 1 aromatic heterocycles. The van der Waals surface area contributed by atoms with Crippen molar-refractivity contribution in [2.24, 2.45) is 0 Å². The number of aromatic nitrogens is 2. The summed E-state index contributed by atoms with van der Waals surface area (Å²) in [4.78, 5) is 4.02. The van der Waals surface area contributed by atoms with E-state index in [1.807, 2.05) is 18.5 Å². The minimum atomic E-state index is 0.448. The fourth-order valence-corrected chi connectivity index (χ4v) is 2.42. The van der Waals surface area contributed by atoms with E-state index in [2.05, 4.69) is 11.9 Å². The average molecular weight is 355 g/mol. The Bertz CT molecular complexity index is 628. The maximum absolute atomic E-state index is 6.28. The van der Waals surface area contributed by atoms with E-state index in [-0.39, 0.29) is 0 Å². The van der Waals surface area contributed by atoms with Gasteiger partial charge in [0.2, 0.25) is 0 Å².